The van der Waals surface area contributed by atoms with Crippen LogP contribution in [0, 0.1) is 11.3 Å². The summed E-state index contributed by atoms with van der Waals surface area (Å²) in [6, 6.07) is 21.6. The van der Waals surface area contributed by atoms with Gasteiger partial charge >= 0.3 is 0 Å². The molecule has 2 aromatic rings. The molecule has 0 radical (unpaired) electrons. The minimum absolute atomic E-state index is 0.332. The van der Waals surface area contributed by atoms with Gasteiger partial charge in [0.25, 0.3) is 0 Å². The number of nitriles is 1. The van der Waals surface area contributed by atoms with Gasteiger partial charge in [0.05, 0.1) is 6.07 Å². The first-order valence-corrected chi connectivity index (χ1v) is 14.5. The van der Waals surface area contributed by atoms with Crippen LogP contribution in [0.3, 0.4) is 0 Å². The molecule has 0 aliphatic carbocycles. The molecule has 0 heterocycles. The van der Waals surface area contributed by atoms with Crippen LogP contribution in [0.4, 0.5) is 0 Å². The second kappa shape index (κ2) is 26.5. The lowest BCUT2D eigenvalue weighted by Crippen LogP contribution is -2.40. The monoisotopic (exact) mass is 549 g/mol. The van der Waals surface area contributed by atoms with Crippen LogP contribution < -0.4 is 5.32 Å². The third-order valence-electron chi connectivity index (χ3n) is 5.53. The van der Waals surface area contributed by atoms with Gasteiger partial charge in [-0.3, -0.25) is 4.90 Å². The van der Waals surface area contributed by atoms with Crippen molar-refractivity contribution in [2.45, 2.75) is 79.8 Å². The summed E-state index contributed by atoms with van der Waals surface area (Å²) < 4.78 is 0. The molecule has 0 spiro atoms. The topological polar surface area (TPSA) is 39.1 Å². The number of benzene rings is 2. The van der Waals surface area contributed by atoms with Gasteiger partial charge in [-0.2, -0.15) is 5.26 Å². The van der Waals surface area contributed by atoms with Gasteiger partial charge in [-0.05, 0) is 68.6 Å². The molecule has 1 unspecified atom stereocenters. The number of hydrogen-bond acceptors (Lipinski definition) is 3. The molecule has 0 aliphatic rings. The van der Waals surface area contributed by atoms with Gasteiger partial charge in [-0.1, -0.05) is 119 Å². The van der Waals surface area contributed by atoms with E-state index in [9.17, 15) is 0 Å². The fourth-order valence-corrected chi connectivity index (χ4v) is 3.80. The summed E-state index contributed by atoms with van der Waals surface area (Å²) in [6.45, 7) is 23.7. The van der Waals surface area contributed by atoms with E-state index in [1.165, 1.54) is 16.7 Å². The SMILES string of the molecule is C=C/C=C(\C=C/C)CC.C=CNCCN(C(C)C)C(Cc1ccc(Cl)cc1)c1ccccc1.CC.CCC#N. The van der Waals surface area contributed by atoms with E-state index in [0.29, 0.717) is 18.5 Å². The zero-order chi connectivity index (χ0) is 29.9. The standard InChI is InChI=1S/C21H27ClN2.C9H14.C3H5N.C2H6/c1-4-23-14-15-24(17(2)3)21(19-8-6-5-7-9-19)16-18-10-12-20(22)13-11-18;1-4-7-9(6-3)8-5-2;1-2-3-4;1-2/h4-13,17,21,23H,1,14-16H2,2-3H3;4-5,7-8H,1,6H2,2-3H3;2H2,1H3;1-2H3/b;8-5-,9-7-;;. The highest BCUT2D eigenvalue weighted by Crippen LogP contribution is 2.27. The van der Waals surface area contributed by atoms with E-state index in [2.05, 4.69) is 92.7 Å². The molecule has 2 aromatic carbocycles. The van der Waals surface area contributed by atoms with Crippen molar-refractivity contribution in [1.82, 2.24) is 10.2 Å². The second-order valence-corrected chi connectivity index (χ2v) is 9.03. The Morgan fingerprint density at radius 2 is 1.64 bits per heavy atom. The Hall–Kier alpha value is -3.06. The van der Waals surface area contributed by atoms with E-state index >= 15 is 0 Å². The molecule has 0 aliphatic heterocycles. The Labute approximate surface area is 245 Å². The van der Waals surface area contributed by atoms with Crippen molar-refractivity contribution >= 4 is 11.6 Å². The van der Waals surface area contributed by atoms with E-state index in [1.807, 2.05) is 64.1 Å². The van der Waals surface area contributed by atoms with Crippen LogP contribution in [-0.4, -0.2) is 24.0 Å². The van der Waals surface area contributed by atoms with Crippen LogP contribution in [0.15, 0.2) is 104 Å². The predicted octanol–water partition coefficient (Wildman–Crippen LogP) is 10.1. The molecule has 0 fully saturated rings. The highest BCUT2D eigenvalue weighted by atomic mass is 35.5. The van der Waals surface area contributed by atoms with E-state index in [4.69, 9.17) is 16.9 Å². The summed E-state index contributed by atoms with van der Waals surface area (Å²) in [5.74, 6) is 0. The molecule has 1 N–H and O–H groups in total. The summed E-state index contributed by atoms with van der Waals surface area (Å²) in [5.41, 5.74) is 3.97. The number of nitrogens with zero attached hydrogens (tertiary/aromatic N) is 2. The van der Waals surface area contributed by atoms with Gasteiger partial charge in [0.15, 0.2) is 0 Å². The van der Waals surface area contributed by atoms with Crippen molar-refractivity contribution < 1.29 is 0 Å². The molecule has 0 bridgehead atoms. The van der Waals surface area contributed by atoms with Gasteiger partial charge in [-0.15, -0.1) is 0 Å². The lowest BCUT2D eigenvalue weighted by atomic mass is 9.96. The maximum atomic E-state index is 7.62. The molecular weight excluding hydrogens is 498 g/mol. The van der Waals surface area contributed by atoms with E-state index in [-0.39, 0.29) is 0 Å². The van der Waals surface area contributed by atoms with Crippen molar-refractivity contribution in [3.8, 4) is 6.07 Å². The Morgan fingerprint density at radius 1 is 1.05 bits per heavy atom. The van der Waals surface area contributed by atoms with Crippen molar-refractivity contribution in [1.29, 1.82) is 5.26 Å². The zero-order valence-corrected chi connectivity index (χ0v) is 26.2. The van der Waals surface area contributed by atoms with Crippen molar-refractivity contribution in [2.75, 3.05) is 13.1 Å². The quantitative estimate of drug-likeness (QED) is 0.211. The Bertz CT molecular complexity index is 954. The number of hydrogen-bond donors (Lipinski definition) is 1. The van der Waals surface area contributed by atoms with Gasteiger partial charge in [0.2, 0.25) is 0 Å². The molecule has 214 valence electrons. The lowest BCUT2D eigenvalue weighted by Gasteiger charge is -2.35. The van der Waals surface area contributed by atoms with E-state index in [1.54, 1.807) is 6.20 Å². The van der Waals surface area contributed by atoms with Crippen LogP contribution in [-0.2, 0) is 6.42 Å². The van der Waals surface area contributed by atoms with Crippen LogP contribution in [0.5, 0.6) is 0 Å². The number of nitrogens with one attached hydrogen (secondary N) is 1. The molecule has 0 amide bonds. The molecule has 39 heavy (non-hydrogen) atoms. The normalized spacial score (nSPS) is 11.2. The van der Waals surface area contributed by atoms with Gasteiger partial charge < -0.3 is 5.32 Å². The number of halogens is 1. The minimum atomic E-state index is 0.332. The highest BCUT2D eigenvalue weighted by molar-refractivity contribution is 6.30. The number of rotatable bonds is 12. The average molecular weight is 550 g/mol. The van der Waals surface area contributed by atoms with Crippen LogP contribution in [0.25, 0.3) is 0 Å². The third kappa shape index (κ3) is 18.8. The molecule has 0 saturated heterocycles. The molecule has 1 atom stereocenters. The number of allylic oxidation sites excluding steroid dienone is 5. The van der Waals surface area contributed by atoms with Crippen LogP contribution in [0.1, 0.15) is 78.5 Å². The zero-order valence-electron chi connectivity index (χ0n) is 25.5. The Kier molecular flexibility index (Phi) is 25.9. The van der Waals surface area contributed by atoms with Crippen LogP contribution in [0.2, 0.25) is 5.02 Å². The molecule has 3 nitrogen and oxygen atoms in total. The average Bonchev–Trinajstić information content (AvgIpc) is 2.97. The summed E-state index contributed by atoms with van der Waals surface area (Å²) in [7, 11) is 0. The van der Waals surface area contributed by atoms with Crippen molar-refractivity contribution in [3.63, 3.8) is 0 Å². The lowest BCUT2D eigenvalue weighted by molar-refractivity contribution is 0.154. The predicted molar refractivity (Wildman–Crippen MR) is 175 cm³/mol. The van der Waals surface area contributed by atoms with Crippen molar-refractivity contribution in [2.24, 2.45) is 0 Å². The first-order chi connectivity index (χ1) is 18.9. The Morgan fingerprint density at radius 3 is 2.08 bits per heavy atom. The molecule has 0 aromatic heterocycles. The molecular formula is C35H52ClN3. The fourth-order valence-electron chi connectivity index (χ4n) is 3.67. The largest absolute Gasteiger partial charge is 0.390 e. The van der Waals surface area contributed by atoms with Crippen molar-refractivity contribution in [3.05, 3.63) is 120 Å². The molecule has 4 heteroatoms. The van der Waals surface area contributed by atoms with E-state index < -0.39 is 0 Å². The molecule has 2 rings (SSSR count). The minimum Gasteiger partial charge on any atom is -0.390 e. The first kappa shape index (κ1) is 38.1. The van der Waals surface area contributed by atoms with Gasteiger partial charge in [0, 0.05) is 36.6 Å². The summed E-state index contributed by atoms with van der Waals surface area (Å²) in [6.07, 6.45) is 12.4. The first-order valence-electron chi connectivity index (χ1n) is 14.1. The van der Waals surface area contributed by atoms with Gasteiger partial charge in [-0.25, -0.2) is 0 Å². The summed E-state index contributed by atoms with van der Waals surface area (Å²) in [5, 5.41) is 11.6. The van der Waals surface area contributed by atoms with Crippen LogP contribution >= 0.6 is 11.6 Å². The second-order valence-electron chi connectivity index (χ2n) is 8.59. The van der Waals surface area contributed by atoms with Gasteiger partial charge in [0.1, 0.15) is 0 Å². The maximum absolute atomic E-state index is 7.62. The summed E-state index contributed by atoms with van der Waals surface area (Å²) >= 11 is 6.03. The van der Waals surface area contributed by atoms with E-state index in [0.717, 1.165) is 31.0 Å². The third-order valence-corrected chi connectivity index (χ3v) is 5.78. The maximum Gasteiger partial charge on any atom is 0.0618 e. The molecule has 0 saturated carbocycles. The summed E-state index contributed by atoms with van der Waals surface area (Å²) in [4.78, 5) is 2.54. The fraction of sp³-hybridized carbons (Fsp3) is 0.400. The Balaban J connectivity index is 0. The highest BCUT2D eigenvalue weighted by Gasteiger charge is 2.22. The smallest absolute Gasteiger partial charge is 0.0618 e.